The van der Waals surface area contributed by atoms with Crippen LogP contribution in [0.4, 0.5) is 0 Å². The van der Waals surface area contributed by atoms with Gasteiger partial charge >= 0.3 is 0 Å². The maximum absolute atomic E-state index is 6.07. The Morgan fingerprint density at radius 1 is 1.32 bits per heavy atom. The standard InChI is InChI=1S/C15H23NO2S/c1-11(16)9-12-3-4-14(15(10-12)17-2)18-13-5-7-19-8-6-13/h3-4,10-11,13H,5-9,16H2,1-2H3. The number of methoxy groups -OCH3 is 1. The van der Waals surface area contributed by atoms with Crippen LogP contribution in [0.2, 0.25) is 0 Å². The lowest BCUT2D eigenvalue weighted by Crippen LogP contribution is -2.22. The summed E-state index contributed by atoms with van der Waals surface area (Å²) >= 11 is 2.00. The summed E-state index contributed by atoms with van der Waals surface area (Å²) in [5, 5.41) is 0. The number of hydrogen-bond acceptors (Lipinski definition) is 4. The van der Waals surface area contributed by atoms with Gasteiger partial charge in [0.15, 0.2) is 11.5 Å². The van der Waals surface area contributed by atoms with Crippen LogP contribution in [0.15, 0.2) is 18.2 Å². The highest BCUT2D eigenvalue weighted by atomic mass is 32.2. The molecule has 2 rings (SSSR count). The molecule has 1 heterocycles. The van der Waals surface area contributed by atoms with E-state index in [1.165, 1.54) is 17.1 Å². The van der Waals surface area contributed by atoms with Crippen molar-refractivity contribution in [3.8, 4) is 11.5 Å². The van der Waals surface area contributed by atoms with Crippen molar-refractivity contribution in [2.24, 2.45) is 5.73 Å². The van der Waals surface area contributed by atoms with Gasteiger partial charge in [0.2, 0.25) is 0 Å². The van der Waals surface area contributed by atoms with Crippen LogP contribution in [0.5, 0.6) is 11.5 Å². The maximum atomic E-state index is 6.07. The largest absolute Gasteiger partial charge is 0.493 e. The van der Waals surface area contributed by atoms with Crippen LogP contribution in [0.25, 0.3) is 0 Å². The maximum Gasteiger partial charge on any atom is 0.161 e. The van der Waals surface area contributed by atoms with E-state index >= 15 is 0 Å². The van der Waals surface area contributed by atoms with Crippen LogP contribution in [0.1, 0.15) is 25.3 Å². The summed E-state index contributed by atoms with van der Waals surface area (Å²) in [5.41, 5.74) is 7.02. The van der Waals surface area contributed by atoms with Gasteiger partial charge < -0.3 is 15.2 Å². The van der Waals surface area contributed by atoms with Crippen molar-refractivity contribution in [2.75, 3.05) is 18.6 Å². The average Bonchev–Trinajstić information content (AvgIpc) is 2.41. The van der Waals surface area contributed by atoms with E-state index in [4.69, 9.17) is 15.2 Å². The topological polar surface area (TPSA) is 44.5 Å². The van der Waals surface area contributed by atoms with Gasteiger partial charge in [-0.15, -0.1) is 0 Å². The van der Waals surface area contributed by atoms with Crippen LogP contribution < -0.4 is 15.2 Å². The van der Waals surface area contributed by atoms with Gasteiger partial charge in [0.25, 0.3) is 0 Å². The molecular formula is C15H23NO2S. The molecule has 1 atom stereocenters. The Bertz CT molecular complexity index is 403. The number of benzene rings is 1. The fraction of sp³-hybridized carbons (Fsp3) is 0.600. The van der Waals surface area contributed by atoms with Gasteiger partial charge in [-0.1, -0.05) is 6.07 Å². The van der Waals surface area contributed by atoms with Crippen molar-refractivity contribution in [3.05, 3.63) is 23.8 Å². The zero-order chi connectivity index (χ0) is 13.7. The Labute approximate surface area is 119 Å². The molecule has 1 unspecified atom stereocenters. The molecule has 0 bridgehead atoms. The first-order valence-corrected chi connectivity index (χ1v) is 8.01. The van der Waals surface area contributed by atoms with Crippen LogP contribution in [-0.2, 0) is 6.42 Å². The molecule has 1 aromatic carbocycles. The summed E-state index contributed by atoms with van der Waals surface area (Å²) in [7, 11) is 1.69. The van der Waals surface area contributed by atoms with E-state index in [9.17, 15) is 0 Å². The SMILES string of the molecule is COc1cc(CC(C)N)ccc1OC1CCSCC1. The first kappa shape index (κ1) is 14.5. The normalized spacial score (nSPS) is 18.1. The van der Waals surface area contributed by atoms with Crippen LogP contribution in [0.3, 0.4) is 0 Å². The molecule has 0 amide bonds. The van der Waals surface area contributed by atoms with Crippen molar-refractivity contribution in [1.82, 2.24) is 0 Å². The van der Waals surface area contributed by atoms with Crippen LogP contribution in [0, 0.1) is 0 Å². The Hall–Kier alpha value is -0.870. The van der Waals surface area contributed by atoms with E-state index in [1.54, 1.807) is 7.11 Å². The molecule has 19 heavy (non-hydrogen) atoms. The highest BCUT2D eigenvalue weighted by Gasteiger charge is 2.17. The summed E-state index contributed by atoms with van der Waals surface area (Å²) in [6, 6.07) is 6.29. The molecule has 4 heteroatoms. The summed E-state index contributed by atoms with van der Waals surface area (Å²) in [5.74, 6) is 4.05. The molecule has 0 aromatic heterocycles. The monoisotopic (exact) mass is 281 g/mol. The Kier molecular flexibility index (Phi) is 5.40. The molecule has 1 aromatic rings. The lowest BCUT2D eigenvalue weighted by atomic mass is 10.1. The summed E-state index contributed by atoms with van der Waals surface area (Å²) < 4.78 is 11.5. The molecule has 3 nitrogen and oxygen atoms in total. The van der Waals surface area contributed by atoms with Crippen LogP contribution in [-0.4, -0.2) is 30.8 Å². The number of thioether (sulfide) groups is 1. The molecule has 1 saturated heterocycles. The van der Waals surface area contributed by atoms with Gasteiger partial charge in [-0.3, -0.25) is 0 Å². The van der Waals surface area contributed by atoms with Crippen molar-refractivity contribution in [2.45, 2.75) is 38.3 Å². The van der Waals surface area contributed by atoms with Crippen molar-refractivity contribution in [1.29, 1.82) is 0 Å². The zero-order valence-electron chi connectivity index (χ0n) is 11.7. The average molecular weight is 281 g/mol. The minimum absolute atomic E-state index is 0.159. The summed E-state index contributed by atoms with van der Waals surface area (Å²) in [6.45, 7) is 2.01. The minimum atomic E-state index is 0.159. The van der Waals surface area contributed by atoms with Crippen molar-refractivity contribution >= 4 is 11.8 Å². The minimum Gasteiger partial charge on any atom is -0.493 e. The fourth-order valence-electron chi connectivity index (χ4n) is 2.28. The van der Waals surface area contributed by atoms with Crippen molar-refractivity contribution in [3.63, 3.8) is 0 Å². The quantitative estimate of drug-likeness (QED) is 0.901. The first-order valence-electron chi connectivity index (χ1n) is 6.86. The third-order valence-corrected chi connectivity index (χ3v) is 4.30. The third-order valence-electron chi connectivity index (χ3n) is 3.25. The highest BCUT2D eigenvalue weighted by molar-refractivity contribution is 7.99. The first-order chi connectivity index (χ1) is 9.19. The Balaban J connectivity index is 2.06. The zero-order valence-corrected chi connectivity index (χ0v) is 12.5. The van der Waals surface area contributed by atoms with E-state index in [2.05, 4.69) is 6.07 Å². The molecular weight excluding hydrogens is 258 g/mol. The number of ether oxygens (including phenoxy) is 2. The summed E-state index contributed by atoms with van der Waals surface area (Å²) in [4.78, 5) is 0. The lowest BCUT2D eigenvalue weighted by Gasteiger charge is -2.24. The van der Waals surface area contributed by atoms with E-state index in [0.717, 1.165) is 30.8 Å². The third kappa shape index (κ3) is 4.32. The predicted molar refractivity (Wildman–Crippen MR) is 81.3 cm³/mol. The van der Waals surface area contributed by atoms with Gasteiger partial charge in [0.05, 0.1) is 7.11 Å². The Morgan fingerprint density at radius 2 is 2.05 bits per heavy atom. The highest BCUT2D eigenvalue weighted by Crippen LogP contribution is 2.31. The molecule has 0 saturated carbocycles. The molecule has 0 aliphatic carbocycles. The van der Waals surface area contributed by atoms with E-state index in [-0.39, 0.29) is 6.04 Å². The molecule has 2 N–H and O–H groups in total. The second-order valence-electron chi connectivity index (χ2n) is 5.10. The molecule has 0 radical (unpaired) electrons. The summed E-state index contributed by atoms with van der Waals surface area (Å²) in [6.07, 6.45) is 3.43. The lowest BCUT2D eigenvalue weighted by molar-refractivity contribution is 0.184. The molecule has 0 spiro atoms. The molecule has 106 valence electrons. The number of hydrogen-bond donors (Lipinski definition) is 1. The van der Waals surface area contributed by atoms with E-state index < -0.39 is 0 Å². The second kappa shape index (κ2) is 7.06. The Morgan fingerprint density at radius 3 is 2.68 bits per heavy atom. The second-order valence-corrected chi connectivity index (χ2v) is 6.32. The number of rotatable bonds is 5. The van der Waals surface area contributed by atoms with Gasteiger partial charge in [-0.25, -0.2) is 0 Å². The smallest absolute Gasteiger partial charge is 0.161 e. The predicted octanol–water partition coefficient (Wildman–Crippen LogP) is 2.86. The van der Waals surface area contributed by atoms with Crippen molar-refractivity contribution < 1.29 is 9.47 Å². The van der Waals surface area contributed by atoms with E-state index in [1.807, 2.05) is 30.8 Å². The van der Waals surface area contributed by atoms with Gasteiger partial charge in [-0.2, -0.15) is 11.8 Å². The molecule has 1 aliphatic rings. The number of nitrogens with two attached hydrogens (primary N) is 1. The van der Waals surface area contributed by atoms with Gasteiger partial charge in [-0.05, 0) is 55.4 Å². The fourth-order valence-corrected chi connectivity index (χ4v) is 3.34. The van der Waals surface area contributed by atoms with Gasteiger partial charge in [0, 0.05) is 6.04 Å². The van der Waals surface area contributed by atoms with Crippen LogP contribution >= 0.6 is 11.8 Å². The molecule has 1 aliphatic heterocycles. The molecule has 1 fully saturated rings. The van der Waals surface area contributed by atoms with Gasteiger partial charge in [0.1, 0.15) is 6.10 Å². The van der Waals surface area contributed by atoms with E-state index in [0.29, 0.717) is 6.10 Å².